The van der Waals surface area contributed by atoms with Crippen molar-refractivity contribution in [1.82, 2.24) is 0 Å². The fourth-order valence-corrected chi connectivity index (χ4v) is 6.72. The molecule has 0 amide bonds. The Morgan fingerprint density at radius 2 is 0.500 bits per heavy atom. The number of benzene rings is 3. The Hall–Kier alpha value is -2.05. The fourth-order valence-electron chi connectivity index (χ4n) is 6.23. The van der Waals surface area contributed by atoms with E-state index in [4.69, 9.17) is 11.6 Å². The molecule has 3 aromatic carbocycles. The standard InChI is InChI=1S/C43H63Cl/c1-37(2,3)28-19-22-31(34(25-28)40(10,11)12)43(44,32-23-20-29(38(4,5)6)26-35(32)41(13,14)15)33-24-21-30(39(7,8)9)27-36(33)42(16,17)18/h19-27H,1-18H3. The van der Waals surface area contributed by atoms with Crippen LogP contribution >= 0.6 is 11.6 Å². The topological polar surface area (TPSA) is 0 Å². The molecule has 242 valence electrons. The van der Waals surface area contributed by atoms with Crippen molar-refractivity contribution in [2.24, 2.45) is 0 Å². The number of hydrogen-bond acceptors (Lipinski definition) is 0. The first-order chi connectivity index (χ1) is 19.5. The first-order valence-electron chi connectivity index (χ1n) is 16.7. The Kier molecular flexibility index (Phi) is 9.38. The molecule has 0 aliphatic carbocycles. The second kappa shape index (κ2) is 11.3. The molecule has 0 bridgehead atoms. The summed E-state index contributed by atoms with van der Waals surface area (Å²) in [5.41, 5.74) is 11.2. The molecule has 0 unspecified atom stereocenters. The van der Waals surface area contributed by atoms with E-state index in [0.717, 1.165) is 0 Å². The lowest BCUT2D eigenvalue weighted by atomic mass is 9.66. The fraction of sp³-hybridized carbons (Fsp3) is 0.581. The van der Waals surface area contributed by atoms with Gasteiger partial charge in [0.15, 0.2) is 0 Å². The molecular weight excluding hydrogens is 552 g/mol. The summed E-state index contributed by atoms with van der Waals surface area (Å²) in [7, 11) is 0. The zero-order chi connectivity index (χ0) is 34.1. The molecule has 0 nitrogen and oxygen atoms in total. The molecule has 0 aliphatic heterocycles. The van der Waals surface area contributed by atoms with Gasteiger partial charge in [-0.3, -0.25) is 0 Å². The molecule has 0 atom stereocenters. The van der Waals surface area contributed by atoms with Gasteiger partial charge >= 0.3 is 0 Å². The van der Waals surface area contributed by atoms with Crippen molar-refractivity contribution in [2.45, 2.75) is 162 Å². The van der Waals surface area contributed by atoms with E-state index in [1.165, 1.54) is 50.1 Å². The van der Waals surface area contributed by atoms with Crippen LogP contribution in [-0.4, -0.2) is 0 Å². The highest BCUT2D eigenvalue weighted by molar-refractivity contribution is 6.28. The van der Waals surface area contributed by atoms with Crippen molar-refractivity contribution in [3.63, 3.8) is 0 Å². The maximum Gasteiger partial charge on any atom is 0.120 e. The quantitative estimate of drug-likeness (QED) is 0.203. The molecule has 44 heavy (non-hydrogen) atoms. The average molecular weight is 615 g/mol. The first-order valence-corrected chi connectivity index (χ1v) is 17.0. The van der Waals surface area contributed by atoms with E-state index in [9.17, 15) is 0 Å². The lowest BCUT2D eigenvalue weighted by Crippen LogP contribution is -2.34. The summed E-state index contributed by atoms with van der Waals surface area (Å²) in [6.45, 7) is 41.7. The van der Waals surface area contributed by atoms with Crippen LogP contribution in [0.5, 0.6) is 0 Å². The van der Waals surface area contributed by atoms with Crippen LogP contribution in [0.15, 0.2) is 54.6 Å². The third-order valence-electron chi connectivity index (χ3n) is 9.19. The van der Waals surface area contributed by atoms with E-state index in [1.807, 2.05) is 0 Å². The predicted molar refractivity (Wildman–Crippen MR) is 197 cm³/mol. The van der Waals surface area contributed by atoms with Crippen LogP contribution in [0.3, 0.4) is 0 Å². The second-order valence-corrected chi connectivity index (χ2v) is 20.0. The Morgan fingerprint density at radius 3 is 0.659 bits per heavy atom. The number of halogens is 1. The van der Waals surface area contributed by atoms with Crippen LogP contribution < -0.4 is 0 Å². The summed E-state index contributed by atoms with van der Waals surface area (Å²) >= 11 is 8.55. The summed E-state index contributed by atoms with van der Waals surface area (Å²) < 4.78 is 0. The summed E-state index contributed by atoms with van der Waals surface area (Å²) in [5.74, 6) is 0. The summed E-state index contributed by atoms with van der Waals surface area (Å²) in [5, 5.41) is 0. The van der Waals surface area contributed by atoms with Gasteiger partial charge in [0.2, 0.25) is 0 Å². The summed E-state index contributed by atoms with van der Waals surface area (Å²) in [6, 6.07) is 21.3. The Balaban J connectivity index is 2.69. The van der Waals surface area contributed by atoms with Gasteiger partial charge in [-0.2, -0.15) is 0 Å². The number of rotatable bonds is 3. The molecule has 3 rings (SSSR count). The number of alkyl halides is 1. The van der Waals surface area contributed by atoms with E-state index in [-0.39, 0.29) is 32.5 Å². The zero-order valence-electron chi connectivity index (χ0n) is 31.6. The van der Waals surface area contributed by atoms with Crippen LogP contribution in [0.2, 0.25) is 0 Å². The van der Waals surface area contributed by atoms with E-state index in [2.05, 4.69) is 179 Å². The van der Waals surface area contributed by atoms with Crippen molar-refractivity contribution >= 4 is 11.6 Å². The van der Waals surface area contributed by atoms with Crippen molar-refractivity contribution in [1.29, 1.82) is 0 Å². The van der Waals surface area contributed by atoms with Gasteiger partial charge in [0, 0.05) is 0 Å². The van der Waals surface area contributed by atoms with Crippen LogP contribution in [0.25, 0.3) is 0 Å². The molecule has 0 saturated carbocycles. The molecule has 1 heteroatoms. The maximum absolute atomic E-state index is 8.55. The van der Waals surface area contributed by atoms with Gasteiger partial charge in [0.1, 0.15) is 4.87 Å². The first kappa shape index (κ1) is 36.4. The Morgan fingerprint density at radius 1 is 0.295 bits per heavy atom. The minimum Gasteiger partial charge on any atom is -0.104 e. The molecule has 0 heterocycles. The zero-order valence-corrected chi connectivity index (χ0v) is 32.3. The van der Waals surface area contributed by atoms with E-state index >= 15 is 0 Å². The van der Waals surface area contributed by atoms with Gasteiger partial charge < -0.3 is 0 Å². The van der Waals surface area contributed by atoms with E-state index in [0.29, 0.717) is 0 Å². The SMILES string of the molecule is CC(C)(C)c1ccc(C(Cl)(c2ccc(C(C)(C)C)cc2C(C)(C)C)c2ccc(C(C)(C)C)cc2C(C)(C)C)c(C(C)(C)C)c1. The van der Waals surface area contributed by atoms with Crippen LogP contribution in [0, 0.1) is 0 Å². The molecular formula is C43H63Cl. The predicted octanol–water partition coefficient (Wildman–Crippen LogP) is 13.0. The second-order valence-electron chi connectivity index (χ2n) is 19.4. The van der Waals surface area contributed by atoms with Gasteiger partial charge in [-0.15, -0.1) is 11.6 Å². The van der Waals surface area contributed by atoms with Gasteiger partial charge in [-0.05, 0) is 82.6 Å². The molecule has 0 N–H and O–H groups in total. The van der Waals surface area contributed by atoms with Gasteiger partial charge in [-0.25, -0.2) is 0 Å². The average Bonchev–Trinajstić information content (AvgIpc) is 2.84. The largest absolute Gasteiger partial charge is 0.120 e. The van der Waals surface area contributed by atoms with Crippen LogP contribution in [0.4, 0.5) is 0 Å². The monoisotopic (exact) mass is 614 g/mol. The molecule has 0 aromatic heterocycles. The van der Waals surface area contributed by atoms with Crippen molar-refractivity contribution in [3.05, 3.63) is 105 Å². The normalized spacial score (nSPS) is 14.2. The van der Waals surface area contributed by atoms with Gasteiger partial charge in [-0.1, -0.05) is 179 Å². The van der Waals surface area contributed by atoms with Gasteiger partial charge in [0.05, 0.1) is 0 Å². The Bertz CT molecular complexity index is 1310. The van der Waals surface area contributed by atoms with Crippen molar-refractivity contribution in [3.8, 4) is 0 Å². The third-order valence-corrected chi connectivity index (χ3v) is 9.81. The molecule has 0 radical (unpaired) electrons. The smallest absolute Gasteiger partial charge is 0.104 e. The molecule has 3 aromatic rings. The molecule has 0 aliphatic rings. The highest BCUT2D eigenvalue weighted by Gasteiger charge is 2.44. The Labute approximate surface area is 277 Å². The molecule has 0 spiro atoms. The summed E-state index contributed by atoms with van der Waals surface area (Å²) in [4.78, 5) is -0.906. The van der Waals surface area contributed by atoms with E-state index < -0.39 is 4.87 Å². The highest BCUT2D eigenvalue weighted by Crippen LogP contribution is 2.53. The van der Waals surface area contributed by atoms with Crippen LogP contribution in [-0.2, 0) is 37.4 Å². The lowest BCUT2D eigenvalue weighted by molar-refractivity contribution is 0.541. The van der Waals surface area contributed by atoms with Crippen molar-refractivity contribution in [2.75, 3.05) is 0 Å². The van der Waals surface area contributed by atoms with Crippen LogP contribution in [0.1, 0.15) is 175 Å². The van der Waals surface area contributed by atoms with E-state index in [1.54, 1.807) is 0 Å². The lowest BCUT2D eigenvalue weighted by Gasteiger charge is -2.42. The van der Waals surface area contributed by atoms with Gasteiger partial charge in [0.25, 0.3) is 0 Å². The summed E-state index contributed by atoms with van der Waals surface area (Å²) in [6.07, 6.45) is 0. The third kappa shape index (κ3) is 7.33. The molecule has 0 fully saturated rings. The minimum atomic E-state index is -0.906. The minimum absolute atomic E-state index is 0.0311. The maximum atomic E-state index is 8.55. The number of hydrogen-bond donors (Lipinski definition) is 0. The highest BCUT2D eigenvalue weighted by atomic mass is 35.5. The van der Waals surface area contributed by atoms with Crippen molar-refractivity contribution < 1.29 is 0 Å². The molecule has 0 saturated heterocycles.